The van der Waals surface area contributed by atoms with Crippen LogP contribution >= 0.6 is 0 Å². The molecule has 1 aliphatic rings. The van der Waals surface area contributed by atoms with Gasteiger partial charge in [-0.1, -0.05) is 17.3 Å². The average molecular weight is 337 g/mol. The average Bonchev–Trinajstić information content (AvgIpc) is 3.27. The van der Waals surface area contributed by atoms with E-state index in [1.165, 1.54) is 6.26 Å². The quantitative estimate of drug-likeness (QED) is 0.787. The van der Waals surface area contributed by atoms with E-state index in [4.69, 9.17) is 14.0 Å². The predicted octanol–water partition coefficient (Wildman–Crippen LogP) is 3.47. The number of hydrogen-bond donors (Lipinski definition) is 1. The second kappa shape index (κ2) is 5.94. The van der Waals surface area contributed by atoms with E-state index in [1.54, 1.807) is 48.8 Å². The molecule has 0 spiro atoms. The molecule has 7 heteroatoms. The van der Waals surface area contributed by atoms with Crippen LogP contribution in [0.2, 0.25) is 0 Å². The Morgan fingerprint density at radius 1 is 1.12 bits per heavy atom. The lowest BCUT2D eigenvalue weighted by atomic mass is 9.93. The predicted molar refractivity (Wildman–Crippen MR) is 89.0 cm³/mol. The second-order valence-corrected chi connectivity index (χ2v) is 5.85. The van der Waals surface area contributed by atoms with Crippen LogP contribution in [0, 0.1) is 0 Å². The smallest absolute Gasteiger partial charge is 0.244 e. The summed E-state index contributed by atoms with van der Waals surface area (Å²) in [6.07, 6.45) is 5.11. The van der Waals surface area contributed by atoms with Crippen LogP contribution in [0.15, 0.2) is 64.6 Å². The summed E-state index contributed by atoms with van der Waals surface area (Å²) in [5.74, 6) is 1.67. The number of phenolic OH excluding ortho intramolecular Hbond substituents is 1. The van der Waals surface area contributed by atoms with Crippen LogP contribution in [0.25, 0.3) is 11.6 Å². The molecule has 0 radical (unpaired) electrons. The van der Waals surface area contributed by atoms with Gasteiger partial charge in [0.1, 0.15) is 23.5 Å². The van der Waals surface area contributed by atoms with Gasteiger partial charge < -0.3 is 19.1 Å². The van der Waals surface area contributed by atoms with Gasteiger partial charge >= 0.3 is 0 Å². The molecule has 1 N–H and O–H groups in total. The minimum absolute atomic E-state index is 0.208. The summed E-state index contributed by atoms with van der Waals surface area (Å²) < 4.78 is 11.0. The molecule has 4 rings (SSSR count). The van der Waals surface area contributed by atoms with Gasteiger partial charge in [0.05, 0.1) is 18.8 Å². The highest BCUT2D eigenvalue weighted by atomic mass is 16.7. The van der Waals surface area contributed by atoms with Crippen LogP contribution in [-0.2, 0) is 10.4 Å². The summed E-state index contributed by atoms with van der Waals surface area (Å²) in [6, 6.07) is 10.4. The van der Waals surface area contributed by atoms with Crippen molar-refractivity contribution in [1.82, 2.24) is 9.97 Å². The van der Waals surface area contributed by atoms with E-state index < -0.39 is 5.60 Å². The molecule has 0 amide bonds. The van der Waals surface area contributed by atoms with E-state index in [0.717, 1.165) is 5.56 Å². The third kappa shape index (κ3) is 3.03. The summed E-state index contributed by atoms with van der Waals surface area (Å²) in [5.41, 5.74) is 0.898. The van der Waals surface area contributed by atoms with Crippen LogP contribution < -0.4 is 4.74 Å². The molecule has 0 bridgehead atoms. The standard InChI is InChI=1S/C18H15N3O4/c1-18(12-2-4-13(22)5-3-12)10-16(21-25-18)24-14-6-7-15(20-11-14)17-19-8-9-23-17/h2-9,11,22H,10H2,1H3/t18-/m0/s1. The van der Waals surface area contributed by atoms with Crippen molar-refractivity contribution in [2.45, 2.75) is 18.9 Å². The summed E-state index contributed by atoms with van der Waals surface area (Å²) in [6.45, 7) is 1.92. The van der Waals surface area contributed by atoms with Gasteiger partial charge in [0.2, 0.25) is 11.8 Å². The molecule has 0 fully saturated rings. The van der Waals surface area contributed by atoms with E-state index in [0.29, 0.717) is 29.7 Å². The van der Waals surface area contributed by atoms with Crippen molar-refractivity contribution in [1.29, 1.82) is 0 Å². The maximum absolute atomic E-state index is 9.41. The molecule has 3 heterocycles. The Morgan fingerprint density at radius 2 is 1.96 bits per heavy atom. The van der Waals surface area contributed by atoms with E-state index in [1.807, 2.05) is 6.92 Å². The van der Waals surface area contributed by atoms with Gasteiger partial charge in [-0.3, -0.25) is 0 Å². The molecule has 1 aromatic carbocycles. The van der Waals surface area contributed by atoms with E-state index in [2.05, 4.69) is 15.1 Å². The van der Waals surface area contributed by atoms with Crippen LogP contribution in [0.4, 0.5) is 0 Å². The lowest BCUT2D eigenvalue weighted by Gasteiger charge is -2.21. The van der Waals surface area contributed by atoms with Gasteiger partial charge in [-0.25, -0.2) is 9.97 Å². The molecular weight excluding hydrogens is 322 g/mol. The minimum Gasteiger partial charge on any atom is -0.508 e. The second-order valence-electron chi connectivity index (χ2n) is 5.85. The number of aromatic nitrogens is 2. The third-order valence-electron chi connectivity index (χ3n) is 3.94. The highest BCUT2D eigenvalue weighted by Crippen LogP contribution is 2.35. The molecule has 7 nitrogen and oxygen atoms in total. The first-order valence-corrected chi connectivity index (χ1v) is 7.71. The van der Waals surface area contributed by atoms with Crippen LogP contribution in [0.1, 0.15) is 18.9 Å². The zero-order valence-corrected chi connectivity index (χ0v) is 13.4. The van der Waals surface area contributed by atoms with E-state index in [9.17, 15) is 5.11 Å². The number of hydrogen-bond acceptors (Lipinski definition) is 7. The van der Waals surface area contributed by atoms with Crippen LogP contribution in [0.5, 0.6) is 11.5 Å². The molecule has 2 aromatic heterocycles. The Balaban J connectivity index is 1.44. The number of phenols is 1. The first-order chi connectivity index (χ1) is 12.1. The fourth-order valence-electron chi connectivity index (χ4n) is 2.58. The molecule has 1 atom stereocenters. The largest absolute Gasteiger partial charge is 0.508 e. The summed E-state index contributed by atoms with van der Waals surface area (Å²) in [7, 11) is 0. The minimum atomic E-state index is -0.630. The van der Waals surface area contributed by atoms with Crippen molar-refractivity contribution in [3.8, 4) is 23.1 Å². The molecule has 25 heavy (non-hydrogen) atoms. The number of pyridine rings is 1. The fourth-order valence-corrected chi connectivity index (χ4v) is 2.58. The van der Waals surface area contributed by atoms with Crippen molar-refractivity contribution >= 4 is 5.90 Å². The molecule has 1 aliphatic heterocycles. The maximum Gasteiger partial charge on any atom is 0.244 e. The van der Waals surface area contributed by atoms with Gasteiger partial charge in [0, 0.05) is 0 Å². The van der Waals surface area contributed by atoms with Gasteiger partial charge in [-0.15, -0.1) is 0 Å². The van der Waals surface area contributed by atoms with Crippen molar-refractivity contribution in [2.24, 2.45) is 5.16 Å². The number of nitrogens with zero attached hydrogens (tertiary/aromatic N) is 3. The Bertz CT molecular complexity index is 889. The third-order valence-corrected chi connectivity index (χ3v) is 3.94. The Kier molecular flexibility index (Phi) is 3.61. The van der Waals surface area contributed by atoms with E-state index in [-0.39, 0.29) is 5.75 Å². The highest BCUT2D eigenvalue weighted by molar-refractivity contribution is 5.80. The highest BCUT2D eigenvalue weighted by Gasteiger charge is 2.37. The molecule has 0 aliphatic carbocycles. The Hall–Kier alpha value is -3.35. The fraction of sp³-hybridized carbons (Fsp3) is 0.167. The number of oxazole rings is 1. The number of benzene rings is 1. The van der Waals surface area contributed by atoms with Crippen molar-refractivity contribution in [3.63, 3.8) is 0 Å². The molecule has 3 aromatic rings. The van der Waals surface area contributed by atoms with Crippen molar-refractivity contribution in [2.75, 3.05) is 0 Å². The number of ether oxygens (including phenoxy) is 1. The first kappa shape index (κ1) is 15.2. The van der Waals surface area contributed by atoms with Gasteiger partial charge in [-0.05, 0) is 36.8 Å². The molecular formula is C18H15N3O4. The number of aromatic hydroxyl groups is 1. The SMILES string of the molecule is C[C@@]1(c2ccc(O)cc2)CC(Oc2ccc(-c3ncco3)nc2)=NO1. The van der Waals surface area contributed by atoms with E-state index >= 15 is 0 Å². The molecule has 0 unspecified atom stereocenters. The van der Waals surface area contributed by atoms with Gasteiger partial charge in [-0.2, -0.15) is 0 Å². The summed E-state index contributed by atoms with van der Waals surface area (Å²) in [5, 5.41) is 13.4. The Labute approximate surface area is 143 Å². The maximum atomic E-state index is 9.41. The van der Waals surface area contributed by atoms with Crippen LogP contribution in [0.3, 0.4) is 0 Å². The lowest BCUT2D eigenvalue weighted by Crippen LogP contribution is -2.23. The zero-order chi connectivity index (χ0) is 17.3. The summed E-state index contributed by atoms with van der Waals surface area (Å²) in [4.78, 5) is 13.9. The molecule has 0 saturated carbocycles. The monoisotopic (exact) mass is 337 g/mol. The van der Waals surface area contributed by atoms with Crippen LogP contribution in [-0.4, -0.2) is 21.0 Å². The van der Waals surface area contributed by atoms with Crippen molar-refractivity contribution < 1.29 is 19.1 Å². The van der Waals surface area contributed by atoms with Crippen molar-refractivity contribution in [3.05, 3.63) is 60.6 Å². The molecule has 0 saturated heterocycles. The van der Waals surface area contributed by atoms with Gasteiger partial charge in [0.25, 0.3) is 0 Å². The number of rotatable bonds is 3. The molecule has 126 valence electrons. The Morgan fingerprint density at radius 3 is 2.64 bits per heavy atom. The first-order valence-electron chi connectivity index (χ1n) is 7.71. The van der Waals surface area contributed by atoms with Gasteiger partial charge in [0.15, 0.2) is 5.60 Å². The normalized spacial score (nSPS) is 19.3. The summed E-state index contributed by atoms with van der Waals surface area (Å²) >= 11 is 0. The number of oxime groups is 1. The zero-order valence-electron chi connectivity index (χ0n) is 13.4. The lowest BCUT2D eigenvalue weighted by molar-refractivity contribution is -0.00742. The topological polar surface area (TPSA) is 90.0 Å².